The second kappa shape index (κ2) is 12.7. The van der Waals surface area contributed by atoms with Crippen LogP contribution in [0.15, 0.2) is 25.3 Å². The Hall–Kier alpha value is -1.71. The standard InChI is InChI=1S/C31H50BrN3O5/c1-9-14-33(15-10-2)26(37)22-23-27(38)34(17-12-13-18-36)25(31(23)19-21(32)24(22)40-31)28(39)35(16-11-3)30(7,8)20-29(4,5)6/h9,11,21-25,36H,1,3,10,12-20H2,2,4-8H3/t21?,22-,23+,24-,25?,31?/m1/s1. The van der Waals surface area contributed by atoms with E-state index in [1.807, 2.05) is 11.8 Å². The van der Waals surface area contributed by atoms with Gasteiger partial charge in [0.25, 0.3) is 0 Å². The van der Waals surface area contributed by atoms with Gasteiger partial charge in [-0.3, -0.25) is 14.4 Å². The lowest BCUT2D eigenvalue weighted by Gasteiger charge is -2.45. The quantitative estimate of drug-likeness (QED) is 0.178. The van der Waals surface area contributed by atoms with Crippen molar-refractivity contribution in [3.63, 3.8) is 0 Å². The third-order valence-corrected chi connectivity index (χ3v) is 9.39. The second-order valence-electron chi connectivity index (χ2n) is 13.5. The number of ether oxygens (including phenoxy) is 1. The second-order valence-corrected chi connectivity index (χ2v) is 14.7. The predicted octanol–water partition coefficient (Wildman–Crippen LogP) is 4.16. The number of aliphatic hydroxyl groups excluding tert-OH is 1. The van der Waals surface area contributed by atoms with E-state index in [9.17, 15) is 19.5 Å². The lowest BCUT2D eigenvalue weighted by Crippen LogP contribution is -2.61. The highest BCUT2D eigenvalue weighted by Crippen LogP contribution is 2.60. The first-order valence-electron chi connectivity index (χ1n) is 14.8. The van der Waals surface area contributed by atoms with Crippen LogP contribution < -0.4 is 0 Å². The average Bonchev–Trinajstić information content (AvgIpc) is 3.43. The van der Waals surface area contributed by atoms with Gasteiger partial charge in [0.15, 0.2) is 0 Å². The van der Waals surface area contributed by atoms with Gasteiger partial charge in [-0.1, -0.05) is 55.8 Å². The largest absolute Gasteiger partial charge is 0.396 e. The van der Waals surface area contributed by atoms with Gasteiger partial charge in [-0.05, 0) is 51.4 Å². The molecule has 0 aromatic carbocycles. The van der Waals surface area contributed by atoms with E-state index in [4.69, 9.17) is 4.74 Å². The van der Waals surface area contributed by atoms with Crippen LogP contribution in [0.4, 0.5) is 0 Å². The molecular weight excluding hydrogens is 574 g/mol. The predicted molar refractivity (Wildman–Crippen MR) is 161 cm³/mol. The molecule has 8 nitrogen and oxygen atoms in total. The van der Waals surface area contributed by atoms with E-state index in [1.165, 1.54) is 0 Å². The molecule has 1 N–H and O–H groups in total. The number of halogens is 1. The number of hydrogen-bond acceptors (Lipinski definition) is 5. The molecule has 226 valence electrons. The fourth-order valence-electron chi connectivity index (χ4n) is 7.56. The van der Waals surface area contributed by atoms with Crippen LogP contribution in [0.1, 0.15) is 73.6 Å². The van der Waals surface area contributed by atoms with Crippen LogP contribution in [0.3, 0.4) is 0 Å². The fourth-order valence-corrected chi connectivity index (χ4v) is 8.50. The molecule has 3 aliphatic heterocycles. The molecule has 3 amide bonds. The number of hydrogen-bond donors (Lipinski definition) is 1. The number of carbonyl (C=O) groups is 3. The highest BCUT2D eigenvalue weighted by molar-refractivity contribution is 9.09. The molecule has 3 aliphatic rings. The maximum atomic E-state index is 14.7. The summed E-state index contributed by atoms with van der Waals surface area (Å²) in [6, 6.07) is -0.857. The molecular formula is C31H50BrN3O5. The van der Waals surface area contributed by atoms with Gasteiger partial charge in [0.05, 0.1) is 17.9 Å². The van der Waals surface area contributed by atoms with Crippen molar-refractivity contribution in [3.8, 4) is 0 Å². The first kappa shape index (κ1) is 32.8. The third-order valence-electron chi connectivity index (χ3n) is 8.54. The highest BCUT2D eigenvalue weighted by Gasteiger charge is 2.77. The zero-order valence-electron chi connectivity index (χ0n) is 25.3. The minimum Gasteiger partial charge on any atom is -0.396 e. The number of nitrogens with zero attached hydrogens (tertiary/aromatic N) is 3. The summed E-state index contributed by atoms with van der Waals surface area (Å²) in [4.78, 5) is 48.1. The summed E-state index contributed by atoms with van der Waals surface area (Å²) in [5, 5.41) is 9.45. The topological polar surface area (TPSA) is 90.4 Å². The Balaban J connectivity index is 2.10. The van der Waals surface area contributed by atoms with Crippen molar-refractivity contribution in [2.75, 3.05) is 32.8 Å². The monoisotopic (exact) mass is 623 g/mol. The summed E-state index contributed by atoms with van der Waals surface area (Å²) >= 11 is 3.77. The Morgan fingerprint density at radius 3 is 2.35 bits per heavy atom. The first-order valence-corrected chi connectivity index (χ1v) is 15.7. The number of unbranched alkanes of at least 4 members (excludes halogenated alkanes) is 1. The molecule has 1 spiro atoms. The van der Waals surface area contributed by atoms with Crippen molar-refractivity contribution in [2.45, 2.75) is 102 Å². The molecule has 3 fully saturated rings. The van der Waals surface area contributed by atoms with Gasteiger partial charge < -0.3 is 24.5 Å². The van der Waals surface area contributed by atoms with Crippen molar-refractivity contribution in [1.29, 1.82) is 0 Å². The van der Waals surface area contributed by atoms with Crippen LogP contribution in [-0.2, 0) is 19.1 Å². The third kappa shape index (κ3) is 6.07. The number of fused-ring (bicyclic) bond motifs is 1. The minimum atomic E-state index is -1.10. The first-order chi connectivity index (χ1) is 18.7. The molecule has 2 bridgehead atoms. The van der Waals surface area contributed by atoms with E-state index in [0.717, 1.165) is 12.8 Å². The van der Waals surface area contributed by atoms with E-state index in [0.29, 0.717) is 45.4 Å². The Morgan fingerprint density at radius 2 is 1.80 bits per heavy atom. The van der Waals surface area contributed by atoms with Gasteiger partial charge in [-0.25, -0.2) is 0 Å². The molecule has 3 rings (SSSR count). The number of likely N-dealkylation sites (tertiary alicyclic amines) is 1. The molecule has 0 aromatic rings. The summed E-state index contributed by atoms with van der Waals surface area (Å²) in [5.41, 5.74) is -1.65. The number of rotatable bonds is 14. The number of aliphatic hydroxyl groups is 1. The number of amides is 3. The number of carbonyl (C=O) groups excluding carboxylic acids is 3. The maximum absolute atomic E-state index is 14.7. The molecule has 0 radical (unpaired) electrons. The lowest BCUT2D eigenvalue weighted by atomic mass is 9.70. The summed E-state index contributed by atoms with van der Waals surface area (Å²) in [7, 11) is 0. The summed E-state index contributed by atoms with van der Waals surface area (Å²) in [5.74, 6) is -1.89. The van der Waals surface area contributed by atoms with Crippen molar-refractivity contribution in [1.82, 2.24) is 14.7 Å². The van der Waals surface area contributed by atoms with Crippen LogP contribution in [0, 0.1) is 17.3 Å². The fraction of sp³-hybridized carbons (Fsp3) is 0.774. The van der Waals surface area contributed by atoms with Gasteiger partial charge >= 0.3 is 0 Å². The summed E-state index contributed by atoms with van der Waals surface area (Å²) < 4.78 is 6.71. The summed E-state index contributed by atoms with van der Waals surface area (Å²) in [6.45, 7) is 22.0. The molecule has 3 saturated heterocycles. The number of alkyl halides is 1. The van der Waals surface area contributed by atoms with E-state index in [2.05, 4.69) is 63.7 Å². The summed E-state index contributed by atoms with van der Waals surface area (Å²) in [6.07, 6.45) is 6.03. The van der Waals surface area contributed by atoms with Crippen LogP contribution in [-0.4, -0.2) is 98.4 Å². The molecule has 0 aromatic heterocycles. The van der Waals surface area contributed by atoms with Crippen LogP contribution in [0.5, 0.6) is 0 Å². The van der Waals surface area contributed by atoms with Gasteiger partial charge in [0.1, 0.15) is 11.6 Å². The highest BCUT2D eigenvalue weighted by atomic mass is 79.9. The van der Waals surface area contributed by atoms with E-state index < -0.39 is 35.1 Å². The van der Waals surface area contributed by atoms with Gasteiger partial charge in [0, 0.05) is 43.2 Å². The van der Waals surface area contributed by atoms with Crippen molar-refractivity contribution in [2.24, 2.45) is 17.3 Å². The Labute approximate surface area is 249 Å². The zero-order chi connectivity index (χ0) is 30.0. The zero-order valence-corrected chi connectivity index (χ0v) is 26.9. The van der Waals surface area contributed by atoms with Crippen molar-refractivity contribution < 1.29 is 24.2 Å². The van der Waals surface area contributed by atoms with Crippen molar-refractivity contribution >= 4 is 33.7 Å². The van der Waals surface area contributed by atoms with Gasteiger partial charge in [0.2, 0.25) is 17.7 Å². The van der Waals surface area contributed by atoms with E-state index in [1.54, 1.807) is 22.0 Å². The Bertz CT molecular complexity index is 979. The normalized spacial score (nSPS) is 29.4. The maximum Gasteiger partial charge on any atom is 0.249 e. The van der Waals surface area contributed by atoms with Gasteiger partial charge in [-0.15, -0.1) is 13.2 Å². The van der Waals surface area contributed by atoms with Crippen molar-refractivity contribution in [3.05, 3.63) is 25.3 Å². The SMILES string of the molecule is C=CCN(CCC)C(=O)[C@H]1[C@@H]2OC3(CC2Br)C(C(=O)N(CC=C)C(C)(C)CC(C)(C)C)N(CCCCO)C(=O)[C@H]13. The molecule has 9 heteroatoms. The van der Waals surface area contributed by atoms with E-state index >= 15 is 0 Å². The average molecular weight is 625 g/mol. The minimum absolute atomic E-state index is 0.00705. The van der Waals surface area contributed by atoms with Crippen LogP contribution in [0.25, 0.3) is 0 Å². The Kier molecular flexibility index (Phi) is 10.4. The van der Waals surface area contributed by atoms with E-state index in [-0.39, 0.29) is 34.6 Å². The lowest BCUT2D eigenvalue weighted by molar-refractivity contribution is -0.153. The molecule has 0 saturated carbocycles. The molecule has 3 heterocycles. The van der Waals surface area contributed by atoms with Crippen LogP contribution >= 0.6 is 15.9 Å². The molecule has 6 atom stereocenters. The Morgan fingerprint density at radius 1 is 1.15 bits per heavy atom. The smallest absolute Gasteiger partial charge is 0.249 e. The molecule has 3 unspecified atom stereocenters. The molecule has 40 heavy (non-hydrogen) atoms. The van der Waals surface area contributed by atoms with Crippen LogP contribution in [0.2, 0.25) is 0 Å². The van der Waals surface area contributed by atoms with Gasteiger partial charge in [-0.2, -0.15) is 0 Å². The molecule has 0 aliphatic carbocycles.